The van der Waals surface area contributed by atoms with Crippen LogP contribution in [0.3, 0.4) is 0 Å². The maximum atomic E-state index is 14.6. The minimum absolute atomic E-state index is 0.0440. The summed E-state index contributed by atoms with van der Waals surface area (Å²) in [6.45, 7) is -0.0881. The summed E-state index contributed by atoms with van der Waals surface area (Å²) in [4.78, 5) is 14.4. The zero-order valence-corrected chi connectivity index (χ0v) is 28.4. The molecular weight excluding hydrogens is 694 g/mol. The van der Waals surface area contributed by atoms with Gasteiger partial charge in [-0.3, -0.25) is 14.8 Å². The molecule has 52 heavy (non-hydrogen) atoms. The Labute approximate surface area is 294 Å². The molecule has 0 fully saturated rings. The monoisotopic (exact) mass is 726 g/mol. The van der Waals surface area contributed by atoms with E-state index in [0.717, 1.165) is 46.4 Å². The lowest BCUT2D eigenvalue weighted by Crippen LogP contribution is -2.24. The lowest BCUT2D eigenvalue weighted by molar-refractivity contribution is -0.137. The van der Waals surface area contributed by atoms with Crippen LogP contribution in [-0.2, 0) is 12.4 Å². The van der Waals surface area contributed by atoms with Gasteiger partial charge in [-0.05, 0) is 60.7 Å². The highest BCUT2D eigenvalue weighted by molar-refractivity contribution is 6.17. The average molecular weight is 727 g/mol. The topological polar surface area (TPSA) is 85.2 Å². The maximum Gasteiger partial charge on any atom is 0.418 e. The van der Waals surface area contributed by atoms with Gasteiger partial charge in [-0.25, -0.2) is 0 Å². The second kappa shape index (κ2) is 14.1. The largest absolute Gasteiger partial charge is 0.493 e. The van der Waals surface area contributed by atoms with Gasteiger partial charge in [0, 0.05) is 48.2 Å². The highest BCUT2D eigenvalue weighted by Crippen LogP contribution is 2.44. The van der Waals surface area contributed by atoms with Crippen LogP contribution in [-0.4, -0.2) is 58.7 Å². The smallest absolute Gasteiger partial charge is 0.418 e. The van der Waals surface area contributed by atoms with Crippen molar-refractivity contribution < 1.29 is 50.1 Å². The van der Waals surface area contributed by atoms with Crippen LogP contribution >= 0.6 is 0 Å². The number of halogens is 6. The number of carbonyl (C=O) groups is 1. The fourth-order valence-corrected chi connectivity index (χ4v) is 6.29. The zero-order valence-electron chi connectivity index (χ0n) is 28.4. The van der Waals surface area contributed by atoms with E-state index in [-0.39, 0.29) is 25.9 Å². The van der Waals surface area contributed by atoms with E-state index in [1.54, 1.807) is 36.4 Å². The summed E-state index contributed by atoms with van der Waals surface area (Å²) < 4.78 is 109. The molecule has 0 saturated carbocycles. The lowest BCUT2D eigenvalue weighted by Gasteiger charge is -2.25. The highest BCUT2D eigenvalue weighted by atomic mass is 19.4. The molecule has 0 unspecified atom stereocenters. The Morgan fingerprint density at radius 3 is 1.31 bits per heavy atom. The van der Waals surface area contributed by atoms with Crippen molar-refractivity contribution in [3.8, 4) is 23.0 Å². The van der Waals surface area contributed by atoms with Crippen LogP contribution in [0.2, 0.25) is 0 Å². The van der Waals surface area contributed by atoms with Crippen LogP contribution in [0.4, 0.5) is 37.7 Å². The normalized spacial score (nSPS) is 14.7. The van der Waals surface area contributed by atoms with Gasteiger partial charge in [0.15, 0.2) is 28.8 Å². The van der Waals surface area contributed by atoms with Crippen molar-refractivity contribution in [2.75, 3.05) is 51.5 Å². The van der Waals surface area contributed by atoms with E-state index in [4.69, 9.17) is 18.9 Å². The second-order valence-corrected chi connectivity index (χ2v) is 11.7. The molecule has 4 aromatic carbocycles. The molecule has 0 N–H and O–H groups in total. The van der Waals surface area contributed by atoms with E-state index < -0.39 is 51.8 Å². The number of ketones is 1. The van der Waals surface area contributed by atoms with Crippen LogP contribution in [0, 0.1) is 0 Å². The summed E-state index contributed by atoms with van der Waals surface area (Å²) >= 11 is 0. The van der Waals surface area contributed by atoms with E-state index >= 15 is 0 Å². The lowest BCUT2D eigenvalue weighted by atomic mass is 9.94. The van der Waals surface area contributed by atoms with Gasteiger partial charge in [-0.1, -0.05) is 12.1 Å². The third-order valence-electron chi connectivity index (χ3n) is 8.73. The van der Waals surface area contributed by atoms with E-state index in [2.05, 4.69) is 10.2 Å². The number of hydrogen-bond acceptors (Lipinski definition) is 9. The van der Waals surface area contributed by atoms with Crippen LogP contribution in [0.5, 0.6) is 23.0 Å². The standard InChI is InChI=1S/C37H32F6N4O5/c1-49-29-13-11-21(19-31(29)51-3)27-15-17-46(44-27)33-23(7-5-9-25(33)36(38,39)40)35(48)24-8-6-10-26(37(41,42)43)34(24)47-18-16-28(45-47)22-12-14-30(50-2)32(20-22)52-4/h5-14,19-20H,15-18H2,1-4H3. The minimum Gasteiger partial charge on any atom is -0.493 e. The molecule has 2 aliphatic heterocycles. The van der Waals surface area contributed by atoms with Crippen molar-refractivity contribution in [3.05, 3.63) is 106 Å². The summed E-state index contributed by atoms with van der Waals surface area (Å²) in [7, 11) is 5.80. The second-order valence-electron chi connectivity index (χ2n) is 11.7. The fraction of sp³-hybridized carbons (Fsp3) is 0.270. The molecule has 9 nitrogen and oxygen atoms in total. The Morgan fingerprint density at radius 1 is 0.577 bits per heavy atom. The Balaban J connectivity index is 1.46. The quantitative estimate of drug-likeness (QED) is 0.120. The molecule has 0 radical (unpaired) electrons. The molecule has 0 amide bonds. The Hall–Kier alpha value is -5.73. The van der Waals surface area contributed by atoms with Crippen LogP contribution in [0.15, 0.2) is 83.0 Å². The number of benzene rings is 4. The predicted molar refractivity (Wildman–Crippen MR) is 182 cm³/mol. The van der Waals surface area contributed by atoms with E-state index in [1.807, 2.05) is 0 Å². The average Bonchev–Trinajstić information content (AvgIpc) is 3.84. The first kappa shape index (κ1) is 36.1. The number of alkyl halides is 6. The molecular formula is C37H32F6N4O5. The minimum atomic E-state index is -4.93. The van der Waals surface area contributed by atoms with E-state index in [9.17, 15) is 31.1 Å². The number of ether oxygens (including phenoxy) is 4. The Bertz CT molecular complexity index is 1930. The molecule has 0 atom stereocenters. The molecule has 2 heterocycles. The molecule has 0 spiro atoms. The van der Waals surface area contributed by atoms with Crippen LogP contribution in [0.1, 0.15) is 51.0 Å². The van der Waals surface area contributed by atoms with Gasteiger partial charge in [0.05, 0.1) is 62.4 Å². The van der Waals surface area contributed by atoms with Crippen molar-refractivity contribution >= 4 is 28.6 Å². The Morgan fingerprint density at radius 2 is 0.962 bits per heavy atom. The van der Waals surface area contributed by atoms with Crippen LogP contribution < -0.4 is 29.0 Å². The summed E-state index contributed by atoms with van der Waals surface area (Å²) in [6, 6.07) is 15.9. The van der Waals surface area contributed by atoms with Crippen molar-refractivity contribution in [1.82, 2.24) is 0 Å². The SMILES string of the molecule is COc1ccc(C2=NN(c3c(C(=O)c4cccc(C(F)(F)F)c4N4CCC(c5ccc(OC)c(OC)c5)=N4)cccc3C(F)(F)F)CC2)cc1OC. The maximum absolute atomic E-state index is 14.6. The van der Waals surface area contributed by atoms with Crippen molar-refractivity contribution in [2.45, 2.75) is 25.2 Å². The highest BCUT2D eigenvalue weighted by Gasteiger charge is 2.41. The number of nitrogens with zero attached hydrogens (tertiary/aromatic N) is 4. The molecule has 0 aliphatic carbocycles. The number of hydrazone groups is 2. The van der Waals surface area contributed by atoms with Gasteiger partial charge in [0.2, 0.25) is 0 Å². The van der Waals surface area contributed by atoms with E-state index in [0.29, 0.717) is 45.5 Å². The summed E-state index contributed by atoms with van der Waals surface area (Å²) in [5.74, 6) is 0.568. The first-order chi connectivity index (χ1) is 24.8. The van der Waals surface area contributed by atoms with Crippen molar-refractivity contribution in [1.29, 1.82) is 0 Å². The number of para-hydroxylation sites is 2. The summed E-state index contributed by atoms with van der Waals surface area (Å²) in [6.07, 6.45) is -9.47. The summed E-state index contributed by atoms with van der Waals surface area (Å²) in [5.41, 5.74) is -2.52. The van der Waals surface area contributed by atoms with Gasteiger partial charge in [-0.15, -0.1) is 0 Å². The zero-order chi connectivity index (χ0) is 37.4. The van der Waals surface area contributed by atoms with E-state index in [1.165, 1.54) is 28.4 Å². The Kier molecular flexibility index (Phi) is 9.79. The molecule has 0 saturated heterocycles. The third kappa shape index (κ3) is 6.82. The number of carbonyl (C=O) groups excluding carboxylic acids is 1. The molecule has 6 rings (SSSR count). The van der Waals surface area contributed by atoms with Gasteiger partial charge in [-0.2, -0.15) is 36.5 Å². The number of anilines is 2. The summed E-state index contributed by atoms with van der Waals surface area (Å²) in [5, 5.41) is 11.1. The molecule has 4 aromatic rings. The molecule has 2 aliphatic rings. The first-order valence-electron chi connectivity index (χ1n) is 15.9. The van der Waals surface area contributed by atoms with Crippen molar-refractivity contribution in [3.63, 3.8) is 0 Å². The molecule has 0 bridgehead atoms. The number of methoxy groups -OCH3 is 4. The predicted octanol–water partition coefficient (Wildman–Crippen LogP) is 8.22. The molecule has 272 valence electrons. The number of rotatable bonds is 10. The van der Waals surface area contributed by atoms with Crippen molar-refractivity contribution in [2.24, 2.45) is 10.2 Å². The van der Waals surface area contributed by atoms with Gasteiger partial charge in [0.1, 0.15) is 0 Å². The third-order valence-corrected chi connectivity index (χ3v) is 8.73. The number of hydrogen-bond donors (Lipinski definition) is 0. The van der Waals surface area contributed by atoms with Gasteiger partial charge < -0.3 is 18.9 Å². The first-order valence-corrected chi connectivity index (χ1v) is 15.9. The fourth-order valence-electron chi connectivity index (χ4n) is 6.29. The molecule has 0 aromatic heterocycles. The van der Waals surface area contributed by atoms with Gasteiger partial charge >= 0.3 is 12.4 Å². The van der Waals surface area contributed by atoms with Crippen LogP contribution in [0.25, 0.3) is 0 Å². The molecule has 15 heteroatoms. The van der Waals surface area contributed by atoms with Gasteiger partial charge in [0.25, 0.3) is 0 Å².